The number of piperidine rings is 1. The summed E-state index contributed by atoms with van der Waals surface area (Å²) in [6.45, 7) is 0. The lowest BCUT2D eigenvalue weighted by Crippen LogP contribution is -2.43. The Labute approximate surface area is 243 Å². The third-order valence-corrected chi connectivity index (χ3v) is 7.38. The Morgan fingerprint density at radius 1 is 0.949 bits per heavy atom. The number of nitrogens with one attached hydrogen (secondary N) is 2. The molecule has 1 aliphatic carbocycles. The summed E-state index contributed by atoms with van der Waals surface area (Å²) in [6, 6.07) is 22.8. The van der Waals surface area contributed by atoms with Crippen LogP contribution in [0.3, 0.4) is 0 Å². The summed E-state index contributed by atoms with van der Waals surface area (Å²) in [6.07, 6.45) is 3.16. The second-order valence-electron chi connectivity index (χ2n) is 9.56. The van der Waals surface area contributed by atoms with Crippen molar-refractivity contribution in [1.82, 2.24) is 5.32 Å². The minimum absolute atomic E-state index is 0.0403. The maximum absolute atomic E-state index is 13.2. The first kappa shape index (κ1) is 29.0. The molecule has 0 spiro atoms. The minimum Gasteiger partial charge on any atom is -0.490 e. The number of anilines is 1. The predicted molar refractivity (Wildman–Crippen MR) is 153 cm³/mol. The molecule has 5 rings (SSSR count). The van der Waals surface area contributed by atoms with Gasteiger partial charge in [-0.2, -0.15) is 0 Å². The summed E-state index contributed by atoms with van der Waals surface area (Å²) in [5, 5.41) is 17.3. The lowest BCUT2D eigenvalue weighted by Gasteiger charge is -2.34. The SMILES string of the molecule is Clc1ccccc1.O=C1CCC(C(=O)Nc2c#ccc(Cl)c2)[C@@H](c2cc(Cl)ccc2OC2CCC(O)CC2)N1. The van der Waals surface area contributed by atoms with E-state index in [0.717, 1.165) is 17.9 Å². The van der Waals surface area contributed by atoms with Crippen molar-refractivity contribution in [1.29, 1.82) is 0 Å². The van der Waals surface area contributed by atoms with E-state index in [1.165, 1.54) is 0 Å². The largest absolute Gasteiger partial charge is 0.490 e. The van der Waals surface area contributed by atoms with Gasteiger partial charge in [0.1, 0.15) is 5.75 Å². The van der Waals surface area contributed by atoms with E-state index in [2.05, 4.69) is 22.8 Å². The van der Waals surface area contributed by atoms with Crippen LogP contribution in [0.2, 0.25) is 15.1 Å². The summed E-state index contributed by atoms with van der Waals surface area (Å²) in [5.74, 6) is -0.334. The van der Waals surface area contributed by atoms with Crippen LogP contribution in [0, 0.1) is 18.1 Å². The van der Waals surface area contributed by atoms with Crippen LogP contribution in [0.25, 0.3) is 0 Å². The minimum atomic E-state index is -0.595. The number of rotatable bonds is 5. The highest BCUT2D eigenvalue weighted by Gasteiger charge is 2.37. The molecule has 1 saturated carbocycles. The molecule has 1 unspecified atom stereocenters. The lowest BCUT2D eigenvalue weighted by atomic mass is 9.84. The first-order valence-electron chi connectivity index (χ1n) is 12.8. The van der Waals surface area contributed by atoms with Crippen molar-refractivity contribution in [3.63, 3.8) is 0 Å². The first-order chi connectivity index (χ1) is 18.8. The molecule has 3 aromatic carbocycles. The predicted octanol–water partition coefficient (Wildman–Crippen LogP) is 6.82. The van der Waals surface area contributed by atoms with Crippen LogP contribution in [0.15, 0.2) is 60.7 Å². The summed E-state index contributed by atoms with van der Waals surface area (Å²) in [7, 11) is 0. The average Bonchev–Trinajstić information content (AvgIpc) is 2.91. The zero-order valence-electron chi connectivity index (χ0n) is 21.1. The maximum Gasteiger partial charge on any atom is 0.230 e. The molecule has 2 fully saturated rings. The number of amides is 2. The smallest absolute Gasteiger partial charge is 0.230 e. The van der Waals surface area contributed by atoms with E-state index < -0.39 is 12.0 Å². The molecular formula is C30H29Cl3N2O4. The average molecular weight is 588 g/mol. The van der Waals surface area contributed by atoms with Crippen molar-refractivity contribution < 1.29 is 19.4 Å². The number of aliphatic hydroxyl groups excluding tert-OH is 1. The van der Waals surface area contributed by atoms with Gasteiger partial charge >= 0.3 is 0 Å². The Hall–Kier alpha value is -2.95. The molecule has 39 heavy (non-hydrogen) atoms. The molecule has 0 bridgehead atoms. The summed E-state index contributed by atoms with van der Waals surface area (Å²) < 4.78 is 6.26. The number of carbonyl (C=O) groups is 2. The van der Waals surface area contributed by atoms with Gasteiger partial charge in [-0.05, 0) is 74.6 Å². The zero-order valence-corrected chi connectivity index (χ0v) is 23.4. The number of hydrogen-bond donors (Lipinski definition) is 3. The van der Waals surface area contributed by atoms with Gasteiger partial charge in [-0.25, -0.2) is 0 Å². The second-order valence-corrected chi connectivity index (χ2v) is 10.9. The molecule has 2 atom stereocenters. The molecule has 2 aliphatic rings. The Kier molecular flexibility index (Phi) is 10.4. The normalized spacial score (nSPS) is 22.4. The number of halogens is 3. The number of aliphatic hydroxyl groups is 1. The van der Waals surface area contributed by atoms with Crippen LogP contribution in [-0.4, -0.2) is 29.1 Å². The van der Waals surface area contributed by atoms with Crippen molar-refractivity contribution in [3.05, 3.63) is 93.4 Å². The van der Waals surface area contributed by atoms with Gasteiger partial charge < -0.3 is 20.5 Å². The van der Waals surface area contributed by atoms with Crippen LogP contribution >= 0.6 is 34.8 Å². The summed E-state index contributed by atoms with van der Waals surface area (Å²) in [5.41, 5.74) is 1.08. The van der Waals surface area contributed by atoms with Crippen molar-refractivity contribution in [2.75, 3.05) is 5.32 Å². The number of ether oxygens (including phenoxy) is 1. The molecule has 3 aromatic rings. The van der Waals surface area contributed by atoms with E-state index in [1.807, 2.05) is 30.3 Å². The molecule has 1 heterocycles. The highest BCUT2D eigenvalue weighted by molar-refractivity contribution is 6.31. The monoisotopic (exact) mass is 586 g/mol. The van der Waals surface area contributed by atoms with Crippen LogP contribution in [0.4, 0.5) is 5.69 Å². The van der Waals surface area contributed by atoms with Gasteiger partial charge in [-0.3, -0.25) is 9.59 Å². The Morgan fingerprint density at radius 2 is 1.69 bits per heavy atom. The molecule has 0 radical (unpaired) electrons. The molecule has 3 N–H and O–H groups in total. The van der Waals surface area contributed by atoms with E-state index >= 15 is 0 Å². The van der Waals surface area contributed by atoms with Gasteiger partial charge in [0.25, 0.3) is 0 Å². The molecule has 1 aliphatic heterocycles. The maximum atomic E-state index is 13.2. The Morgan fingerprint density at radius 3 is 2.36 bits per heavy atom. The van der Waals surface area contributed by atoms with Gasteiger partial charge in [0.05, 0.1) is 34.9 Å². The van der Waals surface area contributed by atoms with Crippen molar-refractivity contribution in [3.8, 4) is 5.75 Å². The van der Waals surface area contributed by atoms with Crippen LogP contribution < -0.4 is 15.4 Å². The molecule has 1 saturated heterocycles. The van der Waals surface area contributed by atoms with E-state index in [0.29, 0.717) is 46.3 Å². The van der Waals surface area contributed by atoms with E-state index in [1.54, 1.807) is 30.3 Å². The van der Waals surface area contributed by atoms with E-state index in [9.17, 15) is 14.7 Å². The standard InChI is InChI=1S/C24H24Cl2N2O4.C6H5Cl/c25-14-2-1-3-16(12-14)27-24(31)19-9-11-22(30)28-23(19)20-13-15(26)4-10-21(20)32-18-7-5-17(29)6-8-18;7-6-4-2-1-3-5-6/h2,4,10,12-13,17-19,23,29H,5-9,11H2,(H,27,31)(H,28,30);1-5H/t17?,18?,19?,23-;/m0./s1. The van der Waals surface area contributed by atoms with Crippen LogP contribution in [0.5, 0.6) is 5.75 Å². The van der Waals surface area contributed by atoms with Gasteiger partial charge in [-0.15, -0.1) is 0 Å². The topological polar surface area (TPSA) is 87.7 Å². The van der Waals surface area contributed by atoms with Crippen molar-refractivity contribution in [2.45, 2.75) is 56.8 Å². The molecule has 0 aromatic heterocycles. The fraction of sp³-hybridized carbons (Fsp3) is 0.333. The second kappa shape index (κ2) is 13.9. The summed E-state index contributed by atoms with van der Waals surface area (Å²) in [4.78, 5) is 25.4. The van der Waals surface area contributed by atoms with E-state index in [-0.39, 0.29) is 30.4 Å². The lowest BCUT2D eigenvalue weighted by molar-refractivity contribution is -0.128. The number of carbonyl (C=O) groups excluding carboxylic acids is 2. The number of benzene rings is 2. The Bertz CT molecular complexity index is 1270. The molecule has 2 amide bonds. The summed E-state index contributed by atoms with van der Waals surface area (Å²) >= 11 is 17.8. The van der Waals surface area contributed by atoms with Crippen molar-refractivity contribution in [2.24, 2.45) is 5.92 Å². The fourth-order valence-electron chi connectivity index (χ4n) is 4.69. The fourth-order valence-corrected chi connectivity index (χ4v) is 5.18. The van der Waals surface area contributed by atoms with Gasteiger partial charge in [0.15, 0.2) is 0 Å². The van der Waals surface area contributed by atoms with Crippen LogP contribution in [0.1, 0.15) is 50.1 Å². The van der Waals surface area contributed by atoms with Gasteiger partial charge in [0.2, 0.25) is 11.8 Å². The van der Waals surface area contributed by atoms with Crippen molar-refractivity contribution >= 4 is 52.3 Å². The van der Waals surface area contributed by atoms with E-state index in [4.69, 9.17) is 39.5 Å². The zero-order chi connectivity index (χ0) is 27.8. The third-order valence-electron chi connectivity index (χ3n) is 6.67. The molecular weight excluding hydrogens is 559 g/mol. The molecule has 9 heteroatoms. The van der Waals surface area contributed by atoms with Gasteiger partial charge in [0, 0.05) is 28.1 Å². The quantitative estimate of drug-likeness (QED) is 0.306. The first-order valence-corrected chi connectivity index (χ1v) is 14.0. The molecule has 204 valence electrons. The Balaban J connectivity index is 0.000000438. The highest BCUT2D eigenvalue weighted by atomic mass is 35.5. The molecule has 6 nitrogen and oxygen atoms in total. The third kappa shape index (κ3) is 8.52. The highest BCUT2D eigenvalue weighted by Crippen LogP contribution is 2.38. The van der Waals surface area contributed by atoms with Crippen LogP contribution in [-0.2, 0) is 9.59 Å². The van der Waals surface area contributed by atoms with Gasteiger partial charge in [-0.1, -0.05) is 59.1 Å². The number of hydrogen-bond acceptors (Lipinski definition) is 4.